The predicted octanol–water partition coefficient (Wildman–Crippen LogP) is 3.06. The van der Waals surface area contributed by atoms with E-state index in [1.807, 2.05) is 13.8 Å². The molecular formula is C18H18O6. The van der Waals surface area contributed by atoms with Gasteiger partial charge in [0.15, 0.2) is 11.5 Å². The van der Waals surface area contributed by atoms with E-state index >= 15 is 0 Å². The molecule has 126 valence electrons. The smallest absolute Gasteiger partial charge is 0.336 e. The molecule has 6 heteroatoms. The van der Waals surface area contributed by atoms with E-state index in [1.165, 1.54) is 13.0 Å². The van der Waals surface area contributed by atoms with Crippen molar-refractivity contribution in [2.24, 2.45) is 5.92 Å². The molecular weight excluding hydrogens is 312 g/mol. The largest absolute Gasteiger partial charge is 0.506 e. The van der Waals surface area contributed by atoms with E-state index < -0.39 is 17.4 Å². The Kier molecular flexibility index (Phi) is 3.70. The summed E-state index contributed by atoms with van der Waals surface area (Å²) in [5, 5.41) is 10.9. The van der Waals surface area contributed by atoms with Crippen LogP contribution in [0.2, 0.25) is 0 Å². The summed E-state index contributed by atoms with van der Waals surface area (Å²) < 4.78 is 10.6. The first-order chi connectivity index (χ1) is 11.2. The van der Waals surface area contributed by atoms with Crippen LogP contribution in [0.1, 0.15) is 54.6 Å². The number of phenols is 1. The molecule has 1 aromatic heterocycles. The van der Waals surface area contributed by atoms with Crippen molar-refractivity contribution in [1.82, 2.24) is 0 Å². The Hall–Kier alpha value is -2.63. The molecule has 1 aliphatic heterocycles. The Morgan fingerprint density at radius 3 is 2.58 bits per heavy atom. The van der Waals surface area contributed by atoms with Crippen molar-refractivity contribution >= 4 is 22.7 Å². The average Bonchev–Trinajstić information content (AvgIpc) is 2.44. The number of carbonyl (C=O) groups excluding carboxylic acids is 2. The van der Waals surface area contributed by atoms with Crippen LogP contribution in [0.4, 0.5) is 0 Å². The van der Waals surface area contributed by atoms with Crippen molar-refractivity contribution < 1.29 is 23.8 Å². The fourth-order valence-electron chi connectivity index (χ4n) is 3.34. The van der Waals surface area contributed by atoms with Gasteiger partial charge >= 0.3 is 11.6 Å². The molecule has 0 bridgehead atoms. The zero-order chi connectivity index (χ0) is 17.8. The van der Waals surface area contributed by atoms with E-state index in [4.69, 9.17) is 9.15 Å². The molecule has 3 rings (SSSR count). The number of fused-ring (bicyclic) bond motifs is 3. The molecule has 1 aliphatic rings. The van der Waals surface area contributed by atoms with Gasteiger partial charge in [-0.1, -0.05) is 13.8 Å². The second kappa shape index (κ2) is 5.47. The van der Waals surface area contributed by atoms with Gasteiger partial charge in [-0.05, 0) is 25.3 Å². The molecule has 1 N–H and O–H groups in total. The number of hydrogen-bond acceptors (Lipinski definition) is 6. The number of aromatic hydroxyl groups is 1. The monoisotopic (exact) mass is 330 g/mol. The highest BCUT2D eigenvalue weighted by Gasteiger charge is 2.37. The lowest BCUT2D eigenvalue weighted by atomic mass is 9.81. The Bertz CT molecular complexity index is 935. The summed E-state index contributed by atoms with van der Waals surface area (Å²) in [7, 11) is 0. The number of phenolic OH excluding ortho intramolecular Hbond substituents is 1. The second-order valence-electron chi connectivity index (χ2n) is 6.50. The molecule has 0 amide bonds. The van der Waals surface area contributed by atoms with Crippen LogP contribution in [-0.4, -0.2) is 16.9 Å². The minimum Gasteiger partial charge on any atom is -0.506 e. The SMILES string of the molecule is CC(=O)c1c2c(c3oc(=O)cc(C)c3c1O)[C@@H](C(C)C)CC(=O)O2. The lowest BCUT2D eigenvalue weighted by Gasteiger charge is -2.29. The van der Waals surface area contributed by atoms with E-state index in [0.29, 0.717) is 16.5 Å². The van der Waals surface area contributed by atoms with Crippen molar-refractivity contribution in [2.75, 3.05) is 0 Å². The van der Waals surface area contributed by atoms with Crippen molar-refractivity contribution in [3.63, 3.8) is 0 Å². The van der Waals surface area contributed by atoms with Crippen LogP contribution in [0.25, 0.3) is 11.0 Å². The third-order valence-electron chi connectivity index (χ3n) is 4.48. The van der Waals surface area contributed by atoms with Gasteiger partial charge in [0.2, 0.25) is 0 Å². The van der Waals surface area contributed by atoms with E-state index in [0.717, 1.165) is 0 Å². The number of Topliss-reactive ketones (excluding diaryl/α,β-unsaturated/α-hetero) is 1. The summed E-state index contributed by atoms with van der Waals surface area (Å²) in [5.41, 5.74) is 0.584. The van der Waals surface area contributed by atoms with Gasteiger partial charge in [0, 0.05) is 17.5 Å². The summed E-state index contributed by atoms with van der Waals surface area (Å²) in [6.07, 6.45) is 0.125. The fourth-order valence-corrected chi connectivity index (χ4v) is 3.34. The van der Waals surface area contributed by atoms with Crippen molar-refractivity contribution in [3.8, 4) is 11.5 Å². The standard InChI is InChI=1S/C18H18O6/c1-7(2)10-6-12(21)24-18-14(9(4)19)16(22)13-8(3)5-11(20)23-17(13)15(10)18/h5,7,10,22H,6H2,1-4H3/t10-/m1/s1. The van der Waals surface area contributed by atoms with E-state index in [9.17, 15) is 19.5 Å². The summed E-state index contributed by atoms with van der Waals surface area (Å²) >= 11 is 0. The number of rotatable bonds is 2. The van der Waals surface area contributed by atoms with E-state index in [1.54, 1.807) is 6.92 Å². The molecule has 0 radical (unpaired) electrons. The third-order valence-corrected chi connectivity index (χ3v) is 4.48. The van der Waals surface area contributed by atoms with Crippen LogP contribution in [0.15, 0.2) is 15.3 Å². The van der Waals surface area contributed by atoms with Crippen molar-refractivity contribution in [1.29, 1.82) is 0 Å². The topological polar surface area (TPSA) is 93.8 Å². The maximum Gasteiger partial charge on any atom is 0.336 e. The molecule has 24 heavy (non-hydrogen) atoms. The summed E-state index contributed by atoms with van der Waals surface area (Å²) in [6.45, 7) is 6.83. The molecule has 2 heterocycles. The van der Waals surface area contributed by atoms with Crippen LogP contribution in [-0.2, 0) is 4.79 Å². The number of esters is 1. The van der Waals surface area contributed by atoms with Gasteiger partial charge in [-0.2, -0.15) is 0 Å². The van der Waals surface area contributed by atoms with Crippen molar-refractivity contribution in [3.05, 3.63) is 33.2 Å². The third kappa shape index (κ3) is 2.29. The number of aryl methyl sites for hydroxylation is 1. The minimum absolute atomic E-state index is 0.0104. The molecule has 2 aromatic rings. The van der Waals surface area contributed by atoms with E-state index in [2.05, 4.69) is 0 Å². The van der Waals surface area contributed by atoms with Crippen LogP contribution in [0, 0.1) is 12.8 Å². The summed E-state index contributed by atoms with van der Waals surface area (Å²) in [5.74, 6) is -1.43. The molecule has 0 saturated heterocycles. The lowest BCUT2D eigenvalue weighted by Crippen LogP contribution is -2.25. The van der Waals surface area contributed by atoms with Crippen LogP contribution in [0.5, 0.6) is 11.5 Å². The molecule has 0 aliphatic carbocycles. The Morgan fingerprint density at radius 1 is 1.33 bits per heavy atom. The maximum absolute atomic E-state index is 12.1. The number of ether oxygens (including phenoxy) is 1. The second-order valence-corrected chi connectivity index (χ2v) is 6.50. The Morgan fingerprint density at radius 2 is 2.00 bits per heavy atom. The molecule has 6 nitrogen and oxygen atoms in total. The van der Waals surface area contributed by atoms with E-state index in [-0.39, 0.29) is 40.9 Å². The van der Waals surface area contributed by atoms with Gasteiger partial charge in [0.1, 0.15) is 16.9 Å². The first-order valence-electron chi connectivity index (χ1n) is 7.77. The molecule has 0 unspecified atom stereocenters. The van der Waals surface area contributed by atoms with Gasteiger partial charge in [0.05, 0.1) is 11.8 Å². The number of hydrogen-bond donors (Lipinski definition) is 1. The molecule has 0 fully saturated rings. The van der Waals surface area contributed by atoms with Gasteiger partial charge < -0.3 is 14.3 Å². The highest BCUT2D eigenvalue weighted by molar-refractivity contribution is 6.08. The predicted molar refractivity (Wildman–Crippen MR) is 86.7 cm³/mol. The first-order valence-corrected chi connectivity index (χ1v) is 7.77. The highest BCUT2D eigenvalue weighted by Crippen LogP contribution is 2.49. The lowest BCUT2D eigenvalue weighted by molar-refractivity contribution is -0.136. The zero-order valence-electron chi connectivity index (χ0n) is 13.9. The van der Waals surface area contributed by atoms with Gasteiger partial charge in [-0.15, -0.1) is 0 Å². The quantitative estimate of drug-likeness (QED) is 0.394. The first kappa shape index (κ1) is 16.2. The fraction of sp³-hybridized carbons (Fsp3) is 0.389. The Labute approximate surface area is 138 Å². The molecule has 0 spiro atoms. The molecule has 0 saturated carbocycles. The average molecular weight is 330 g/mol. The van der Waals surface area contributed by atoms with Crippen LogP contribution >= 0.6 is 0 Å². The van der Waals surface area contributed by atoms with Crippen LogP contribution in [0.3, 0.4) is 0 Å². The minimum atomic E-state index is -0.559. The Balaban J connectivity index is 2.58. The van der Waals surface area contributed by atoms with Gasteiger partial charge in [-0.3, -0.25) is 9.59 Å². The maximum atomic E-state index is 12.1. The van der Waals surface area contributed by atoms with Crippen LogP contribution < -0.4 is 10.4 Å². The normalized spacial score (nSPS) is 17.0. The summed E-state index contributed by atoms with van der Waals surface area (Å²) in [6, 6.07) is 1.26. The van der Waals surface area contributed by atoms with Gasteiger partial charge in [-0.25, -0.2) is 4.79 Å². The highest BCUT2D eigenvalue weighted by atomic mass is 16.5. The number of carbonyl (C=O) groups is 2. The van der Waals surface area contributed by atoms with Gasteiger partial charge in [0.25, 0.3) is 0 Å². The van der Waals surface area contributed by atoms with Crippen molar-refractivity contribution in [2.45, 2.75) is 40.0 Å². The number of ketones is 1. The zero-order valence-corrected chi connectivity index (χ0v) is 13.9. The summed E-state index contributed by atoms with van der Waals surface area (Å²) in [4.78, 5) is 35.9. The molecule has 1 aromatic carbocycles. The molecule has 1 atom stereocenters. The number of benzene rings is 1.